The maximum Gasteiger partial charge on any atom is 0.192 e. The summed E-state index contributed by atoms with van der Waals surface area (Å²) < 4.78 is 22.7. The summed E-state index contributed by atoms with van der Waals surface area (Å²) in [5.74, 6) is 0. The van der Waals surface area contributed by atoms with Crippen LogP contribution in [0.4, 0.5) is 5.69 Å². The molecule has 20 heavy (non-hydrogen) atoms. The Kier molecular flexibility index (Phi) is 4.09. The number of hydrogen-bond donors (Lipinski definition) is 1. The quantitative estimate of drug-likeness (QED) is 0.940. The van der Waals surface area contributed by atoms with Crippen molar-refractivity contribution in [2.75, 3.05) is 11.6 Å². The number of aromatic nitrogens is 1. The van der Waals surface area contributed by atoms with Crippen LogP contribution in [-0.2, 0) is 9.84 Å². The molecule has 1 unspecified atom stereocenters. The van der Waals surface area contributed by atoms with Gasteiger partial charge in [-0.15, -0.1) is 0 Å². The van der Waals surface area contributed by atoms with E-state index in [1.165, 1.54) is 17.2 Å². The maximum absolute atomic E-state index is 11.3. The molecule has 4 nitrogen and oxygen atoms in total. The van der Waals surface area contributed by atoms with E-state index in [0.29, 0.717) is 0 Å². The van der Waals surface area contributed by atoms with Gasteiger partial charge in [-0.25, -0.2) is 13.4 Å². The number of sulfone groups is 1. The van der Waals surface area contributed by atoms with Crippen LogP contribution in [0.15, 0.2) is 47.6 Å². The van der Waals surface area contributed by atoms with Crippen molar-refractivity contribution in [2.24, 2.45) is 0 Å². The Balaban J connectivity index is 2.14. The van der Waals surface area contributed by atoms with Crippen molar-refractivity contribution in [1.82, 2.24) is 4.98 Å². The molecular formula is C15H18N2O2S. The summed E-state index contributed by atoms with van der Waals surface area (Å²) in [7, 11) is -3.24. The first-order valence-corrected chi connectivity index (χ1v) is 8.24. The van der Waals surface area contributed by atoms with E-state index >= 15 is 0 Å². The van der Waals surface area contributed by atoms with Gasteiger partial charge < -0.3 is 5.32 Å². The van der Waals surface area contributed by atoms with Crippen molar-refractivity contribution in [2.45, 2.75) is 24.9 Å². The number of anilines is 1. The minimum atomic E-state index is -3.24. The molecule has 0 fully saturated rings. The fraction of sp³-hybridized carbons (Fsp3) is 0.267. The summed E-state index contributed by atoms with van der Waals surface area (Å²) >= 11 is 0. The van der Waals surface area contributed by atoms with Gasteiger partial charge in [0.2, 0.25) is 0 Å². The van der Waals surface area contributed by atoms with Crippen LogP contribution in [0.1, 0.15) is 24.1 Å². The fourth-order valence-electron chi connectivity index (χ4n) is 1.96. The van der Waals surface area contributed by atoms with E-state index in [1.807, 2.05) is 6.07 Å². The molecule has 1 aromatic carbocycles. The van der Waals surface area contributed by atoms with Gasteiger partial charge in [-0.3, -0.25) is 0 Å². The highest BCUT2D eigenvalue weighted by molar-refractivity contribution is 7.90. The zero-order chi connectivity index (χ0) is 14.8. The number of rotatable bonds is 4. The van der Waals surface area contributed by atoms with Crippen LogP contribution in [0.5, 0.6) is 0 Å². The van der Waals surface area contributed by atoms with Crippen molar-refractivity contribution in [3.05, 3.63) is 53.7 Å². The molecule has 0 saturated carbocycles. The highest BCUT2D eigenvalue weighted by Crippen LogP contribution is 2.20. The molecule has 0 saturated heterocycles. The smallest absolute Gasteiger partial charge is 0.192 e. The summed E-state index contributed by atoms with van der Waals surface area (Å²) in [5.41, 5.74) is 3.19. The second-order valence-corrected chi connectivity index (χ2v) is 6.90. The van der Waals surface area contributed by atoms with Gasteiger partial charge in [0, 0.05) is 12.3 Å². The molecule has 1 aromatic heterocycles. The molecular weight excluding hydrogens is 272 g/mol. The second-order valence-electron chi connectivity index (χ2n) is 4.94. The number of benzene rings is 1. The van der Waals surface area contributed by atoms with Crippen molar-refractivity contribution < 1.29 is 8.42 Å². The minimum absolute atomic E-state index is 0.0891. The molecule has 0 aliphatic rings. The van der Waals surface area contributed by atoms with Crippen molar-refractivity contribution in [3.8, 4) is 0 Å². The number of pyridine rings is 1. The van der Waals surface area contributed by atoms with Gasteiger partial charge in [-0.05, 0) is 31.5 Å². The highest BCUT2D eigenvalue weighted by atomic mass is 32.2. The molecule has 106 valence electrons. The molecule has 1 heterocycles. The Bertz CT molecular complexity index is 694. The predicted octanol–water partition coefficient (Wildman–Crippen LogP) is 2.97. The monoisotopic (exact) mass is 290 g/mol. The van der Waals surface area contributed by atoms with Gasteiger partial charge in [0.05, 0.1) is 11.9 Å². The van der Waals surface area contributed by atoms with Gasteiger partial charge in [0.1, 0.15) is 0 Å². The molecule has 1 N–H and O–H groups in total. The van der Waals surface area contributed by atoms with Crippen LogP contribution in [-0.4, -0.2) is 19.7 Å². The molecule has 5 heteroatoms. The van der Waals surface area contributed by atoms with Crippen LogP contribution >= 0.6 is 0 Å². The molecule has 0 bridgehead atoms. The zero-order valence-corrected chi connectivity index (χ0v) is 12.6. The van der Waals surface area contributed by atoms with Gasteiger partial charge in [0.25, 0.3) is 0 Å². The molecule has 2 aromatic rings. The normalized spacial score (nSPS) is 12.9. The van der Waals surface area contributed by atoms with Crippen LogP contribution < -0.4 is 5.32 Å². The van der Waals surface area contributed by atoms with E-state index in [2.05, 4.69) is 42.3 Å². The Morgan fingerprint density at radius 1 is 1.20 bits per heavy atom. The lowest BCUT2D eigenvalue weighted by atomic mass is 10.1. The van der Waals surface area contributed by atoms with E-state index in [0.717, 1.165) is 11.9 Å². The third-order valence-corrected chi connectivity index (χ3v) is 4.04. The molecule has 0 aliphatic heterocycles. The van der Waals surface area contributed by atoms with Crippen LogP contribution in [0.2, 0.25) is 0 Å². The van der Waals surface area contributed by atoms with Crippen molar-refractivity contribution in [3.63, 3.8) is 0 Å². The average Bonchev–Trinajstić information content (AvgIpc) is 2.38. The van der Waals surface area contributed by atoms with E-state index in [-0.39, 0.29) is 11.1 Å². The lowest BCUT2D eigenvalue weighted by molar-refractivity contribution is 0.598. The predicted molar refractivity (Wildman–Crippen MR) is 80.6 cm³/mol. The summed E-state index contributed by atoms with van der Waals surface area (Å²) in [4.78, 5) is 3.96. The lowest BCUT2D eigenvalue weighted by Crippen LogP contribution is -2.08. The lowest BCUT2D eigenvalue weighted by Gasteiger charge is -2.16. The van der Waals surface area contributed by atoms with Crippen LogP contribution in [0, 0.1) is 6.92 Å². The van der Waals surface area contributed by atoms with Gasteiger partial charge >= 0.3 is 0 Å². The van der Waals surface area contributed by atoms with Crippen molar-refractivity contribution in [1.29, 1.82) is 0 Å². The van der Waals surface area contributed by atoms with Crippen LogP contribution in [0.25, 0.3) is 0 Å². The third-order valence-electron chi connectivity index (χ3n) is 3.04. The van der Waals surface area contributed by atoms with E-state index in [4.69, 9.17) is 0 Å². The summed E-state index contributed by atoms with van der Waals surface area (Å²) in [6.07, 6.45) is 2.69. The van der Waals surface area contributed by atoms with Crippen molar-refractivity contribution >= 4 is 15.5 Å². The minimum Gasteiger partial charge on any atom is -0.377 e. The van der Waals surface area contributed by atoms with E-state index < -0.39 is 9.84 Å². The zero-order valence-electron chi connectivity index (χ0n) is 11.8. The molecule has 2 rings (SSSR count). The Morgan fingerprint density at radius 2 is 1.95 bits per heavy atom. The average molecular weight is 290 g/mol. The summed E-state index contributed by atoms with van der Waals surface area (Å²) in [6, 6.07) is 11.6. The highest BCUT2D eigenvalue weighted by Gasteiger charge is 2.09. The Labute approximate surface area is 119 Å². The Hall–Kier alpha value is -1.88. The standard InChI is InChI=1S/C15H18N2O2S/c1-11-5-4-6-13(9-11)12(2)17-14-7-8-15(16-10-14)20(3,18)19/h4-10,12,17H,1-3H3. The summed E-state index contributed by atoms with van der Waals surface area (Å²) in [6.45, 7) is 4.11. The van der Waals surface area contributed by atoms with E-state index in [9.17, 15) is 8.42 Å². The van der Waals surface area contributed by atoms with Crippen LogP contribution in [0.3, 0.4) is 0 Å². The first-order chi connectivity index (χ1) is 9.36. The first kappa shape index (κ1) is 14.5. The molecule has 0 aliphatic carbocycles. The largest absolute Gasteiger partial charge is 0.377 e. The molecule has 0 spiro atoms. The van der Waals surface area contributed by atoms with E-state index in [1.54, 1.807) is 12.3 Å². The second kappa shape index (κ2) is 5.63. The number of hydrogen-bond acceptors (Lipinski definition) is 4. The molecule has 0 radical (unpaired) electrons. The third kappa shape index (κ3) is 3.57. The molecule has 1 atom stereocenters. The number of nitrogens with one attached hydrogen (secondary N) is 1. The Morgan fingerprint density at radius 3 is 2.50 bits per heavy atom. The topological polar surface area (TPSA) is 59.1 Å². The first-order valence-electron chi connectivity index (χ1n) is 6.35. The molecule has 0 amide bonds. The fourth-order valence-corrected chi connectivity index (χ4v) is 2.52. The number of nitrogens with zero attached hydrogens (tertiary/aromatic N) is 1. The SMILES string of the molecule is Cc1cccc(C(C)Nc2ccc(S(C)(=O)=O)nc2)c1. The van der Waals surface area contributed by atoms with Gasteiger partial charge in [-0.2, -0.15) is 0 Å². The summed E-state index contributed by atoms with van der Waals surface area (Å²) in [5, 5.41) is 3.40. The van der Waals surface area contributed by atoms with Gasteiger partial charge in [0.15, 0.2) is 14.9 Å². The van der Waals surface area contributed by atoms with Gasteiger partial charge in [-0.1, -0.05) is 29.8 Å². The maximum atomic E-state index is 11.3. The number of aryl methyl sites for hydroxylation is 1.